The Hall–Kier alpha value is -2.97. The predicted octanol–water partition coefficient (Wildman–Crippen LogP) is 5.93. The van der Waals surface area contributed by atoms with Crippen molar-refractivity contribution in [2.75, 3.05) is 47.8 Å². The fraction of sp³-hybridized carbons (Fsp3) is 0.321. The van der Waals surface area contributed by atoms with Gasteiger partial charge in [-0.3, -0.25) is 4.79 Å². The highest BCUT2D eigenvalue weighted by molar-refractivity contribution is 6.38. The van der Waals surface area contributed by atoms with Crippen molar-refractivity contribution in [2.45, 2.75) is 12.5 Å². The molecule has 3 aromatic carbocycles. The van der Waals surface area contributed by atoms with E-state index >= 15 is 0 Å². The summed E-state index contributed by atoms with van der Waals surface area (Å²) in [4.78, 5) is 13.3. The van der Waals surface area contributed by atoms with Crippen LogP contribution in [0.2, 0.25) is 10.0 Å². The summed E-state index contributed by atoms with van der Waals surface area (Å²) >= 11 is 13.4. The zero-order chi connectivity index (χ0) is 26.6. The Labute approximate surface area is 227 Å². The van der Waals surface area contributed by atoms with E-state index in [2.05, 4.69) is 0 Å². The summed E-state index contributed by atoms with van der Waals surface area (Å²) in [5.41, 5.74) is 1.97. The molecule has 0 atom stereocenters. The Morgan fingerprint density at radius 3 is 1.68 bits per heavy atom. The third-order valence-electron chi connectivity index (χ3n) is 5.39. The van der Waals surface area contributed by atoms with Crippen molar-refractivity contribution in [3.8, 4) is 17.2 Å². The molecule has 3 rings (SSSR count). The Bertz CT molecular complexity index is 1100. The number of methoxy groups -OCH3 is 3. The van der Waals surface area contributed by atoms with Crippen LogP contribution in [0.3, 0.4) is 0 Å². The van der Waals surface area contributed by atoms with Gasteiger partial charge in [0.25, 0.3) is 0 Å². The minimum atomic E-state index is -0.608. The van der Waals surface area contributed by atoms with E-state index in [0.29, 0.717) is 18.8 Å². The van der Waals surface area contributed by atoms with Gasteiger partial charge >= 0.3 is 5.97 Å². The highest BCUT2D eigenvalue weighted by Crippen LogP contribution is 2.50. The summed E-state index contributed by atoms with van der Waals surface area (Å²) < 4.78 is 33.3. The number of hydrogen-bond acceptors (Lipinski definition) is 7. The van der Waals surface area contributed by atoms with Crippen LogP contribution in [0, 0.1) is 0 Å². The molecule has 0 aliphatic carbocycles. The SMILES string of the molecule is COCCOc1c(Cl)c(CC(=O)OC(c2ccccc2)c2ccccc2)c(Cl)c(OC)c1OCCOC. The quantitative estimate of drug-likeness (QED) is 0.182. The van der Waals surface area contributed by atoms with Gasteiger partial charge in [-0.15, -0.1) is 0 Å². The summed E-state index contributed by atoms with van der Waals surface area (Å²) in [6, 6.07) is 19.0. The fourth-order valence-corrected chi connectivity index (χ4v) is 4.30. The first kappa shape index (κ1) is 28.6. The van der Waals surface area contributed by atoms with Crippen molar-refractivity contribution < 1.29 is 33.2 Å². The van der Waals surface area contributed by atoms with Crippen LogP contribution < -0.4 is 14.2 Å². The Morgan fingerprint density at radius 1 is 0.703 bits per heavy atom. The molecule has 7 nitrogen and oxygen atoms in total. The molecule has 0 aliphatic heterocycles. The van der Waals surface area contributed by atoms with E-state index in [1.54, 1.807) is 14.2 Å². The normalized spacial score (nSPS) is 10.9. The lowest BCUT2D eigenvalue weighted by atomic mass is 10.0. The smallest absolute Gasteiger partial charge is 0.311 e. The van der Waals surface area contributed by atoms with Crippen LogP contribution in [0.25, 0.3) is 0 Å². The monoisotopic (exact) mass is 548 g/mol. The van der Waals surface area contributed by atoms with Crippen LogP contribution >= 0.6 is 23.2 Å². The van der Waals surface area contributed by atoms with E-state index in [-0.39, 0.29) is 46.9 Å². The summed E-state index contributed by atoms with van der Waals surface area (Å²) in [6.07, 6.45) is -0.827. The van der Waals surface area contributed by atoms with E-state index < -0.39 is 12.1 Å². The molecular formula is C28H30Cl2O7. The fourth-order valence-electron chi connectivity index (χ4n) is 3.63. The number of benzene rings is 3. The minimum Gasteiger partial charge on any atom is -0.491 e. The molecule has 0 saturated carbocycles. The molecule has 0 amide bonds. The first-order valence-corrected chi connectivity index (χ1v) is 12.4. The molecule has 0 fully saturated rings. The molecule has 0 bridgehead atoms. The zero-order valence-electron chi connectivity index (χ0n) is 21.0. The van der Waals surface area contributed by atoms with Gasteiger partial charge in [0, 0.05) is 19.8 Å². The van der Waals surface area contributed by atoms with Crippen LogP contribution in [-0.4, -0.2) is 53.7 Å². The standard InChI is InChI=1S/C28H30Cl2O7/c1-32-14-16-35-27-24(30)21(23(29)26(34-3)28(27)36-17-15-33-2)18-22(31)37-25(19-10-6-4-7-11-19)20-12-8-5-9-13-20/h4-13,25H,14-18H2,1-3H3. The maximum Gasteiger partial charge on any atom is 0.311 e. The van der Waals surface area contributed by atoms with Crippen molar-refractivity contribution in [1.82, 2.24) is 0 Å². The van der Waals surface area contributed by atoms with Crippen LogP contribution in [0.15, 0.2) is 60.7 Å². The number of carbonyl (C=O) groups is 1. The van der Waals surface area contributed by atoms with Gasteiger partial charge in [-0.1, -0.05) is 83.9 Å². The largest absolute Gasteiger partial charge is 0.491 e. The highest BCUT2D eigenvalue weighted by Gasteiger charge is 2.28. The van der Waals surface area contributed by atoms with Gasteiger partial charge in [0.1, 0.15) is 13.2 Å². The van der Waals surface area contributed by atoms with Gasteiger partial charge in [-0.05, 0) is 11.1 Å². The number of rotatable bonds is 14. The lowest BCUT2D eigenvalue weighted by Gasteiger charge is -2.22. The number of carbonyl (C=O) groups excluding carboxylic acids is 1. The van der Waals surface area contributed by atoms with Gasteiger partial charge in [0.05, 0.1) is 36.8 Å². The molecule has 0 spiro atoms. The minimum absolute atomic E-state index is 0.127. The second-order valence-corrected chi connectivity index (χ2v) is 8.60. The maximum atomic E-state index is 13.3. The lowest BCUT2D eigenvalue weighted by Crippen LogP contribution is -2.16. The third-order valence-corrected chi connectivity index (χ3v) is 6.19. The van der Waals surface area contributed by atoms with Crippen LogP contribution in [0.4, 0.5) is 0 Å². The van der Waals surface area contributed by atoms with Gasteiger partial charge in [-0.2, -0.15) is 0 Å². The average Bonchev–Trinajstić information content (AvgIpc) is 2.92. The number of hydrogen-bond donors (Lipinski definition) is 0. The summed E-state index contributed by atoms with van der Waals surface area (Å²) in [5.74, 6) is 0.0789. The molecule has 0 unspecified atom stereocenters. The van der Waals surface area contributed by atoms with E-state index in [0.717, 1.165) is 11.1 Å². The highest BCUT2D eigenvalue weighted by atomic mass is 35.5. The van der Waals surface area contributed by atoms with Gasteiger partial charge in [-0.25, -0.2) is 0 Å². The van der Waals surface area contributed by atoms with Crippen molar-refractivity contribution in [2.24, 2.45) is 0 Å². The first-order chi connectivity index (χ1) is 18.0. The Morgan fingerprint density at radius 2 is 1.19 bits per heavy atom. The molecule has 198 valence electrons. The summed E-state index contributed by atoms with van der Waals surface area (Å²) in [7, 11) is 4.56. The Kier molecular flexibility index (Phi) is 11.4. The van der Waals surface area contributed by atoms with Crippen LogP contribution in [0.1, 0.15) is 22.8 Å². The maximum absolute atomic E-state index is 13.3. The second kappa shape index (κ2) is 14.7. The molecule has 0 aromatic heterocycles. The summed E-state index contributed by atoms with van der Waals surface area (Å²) in [6.45, 7) is 1.03. The molecule has 0 saturated heterocycles. The van der Waals surface area contributed by atoms with E-state index in [1.165, 1.54) is 7.11 Å². The zero-order valence-corrected chi connectivity index (χ0v) is 22.5. The number of ether oxygens (including phenoxy) is 6. The second-order valence-electron chi connectivity index (χ2n) is 7.85. The van der Waals surface area contributed by atoms with Crippen LogP contribution in [0.5, 0.6) is 17.2 Å². The van der Waals surface area contributed by atoms with E-state index in [9.17, 15) is 4.79 Å². The topological polar surface area (TPSA) is 72.5 Å². The van der Waals surface area contributed by atoms with Gasteiger partial charge < -0.3 is 28.4 Å². The predicted molar refractivity (Wildman–Crippen MR) is 142 cm³/mol. The van der Waals surface area contributed by atoms with Crippen LogP contribution in [-0.2, 0) is 25.4 Å². The van der Waals surface area contributed by atoms with Crippen molar-refractivity contribution in [3.05, 3.63) is 87.4 Å². The molecule has 3 aromatic rings. The number of halogens is 2. The third kappa shape index (κ3) is 7.52. The molecule has 0 radical (unpaired) electrons. The summed E-state index contributed by atoms with van der Waals surface area (Å²) in [5, 5.41) is 0.258. The van der Waals surface area contributed by atoms with Crippen molar-refractivity contribution in [3.63, 3.8) is 0 Å². The molecule has 0 N–H and O–H groups in total. The van der Waals surface area contributed by atoms with Gasteiger partial charge in [0.15, 0.2) is 17.6 Å². The first-order valence-electron chi connectivity index (χ1n) is 11.6. The number of esters is 1. The van der Waals surface area contributed by atoms with Crippen molar-refractivity contribution >= 4 is 29.2 Å². The molecule has 0 heterocycles. The van der Waals surface area contributed by atoms with Gasteiger partial charge in [0.2, 0.25) is 5.75 Å². The molecular weight excluding hydrogens is 519 g/mol. The average molecular weight is 549 g/mol. The van der Waals surface area contributed by atoms with E-state index in [4.69, 9.17) is 51.6 Å². The molecule has 9 heteroatoms. The van der Waals surface area contributed by atoms with E-state index in [1.807, 2.05) is 60.7 Å². The Balaban J connectivity index is 1.95. The lowest BCUT2D eigenvalue weighted by molar-refractivity contribution is -0.146. The van der Waals surface area contributed by atoms with Crippen molar-refractivity contribution in [1.29, 1.82) is 0 Å². The molecule has 37 heavy (non-hydrogen) atoms. The molecule has 0 aliphatic rings.